The van der Waals surface area contributed by atoms with E-state index in [1.807, 2.05) is 0 Å². The van der Waals surface area contributed by atoms with Crippen molar-refractivity contribution in [3.8, 4) is 11.1 Å². The number of halogens is 3. The zero-order valence-electron chi connectivity index (χ0n) is 9.08. The molecule has 3 nitrogen and oxygen atoms in total. The molecule has 0 fully saturated rings. The first-order valence-corrected chi connectivity index (χ1v) is 5.04. The number of alkyl halides is 3. The van der Waals surface area contributed by atoms with Gasteiger partial charge in [0.05, 0.1) is 5.56 Å². The highest BCUT2D eigenvalue weighted by Crippen LogP contribution is 2.33. The van der Waals surface area contributed by atoms with Gasteiger partial charge in [-0.05, 0) is 35.4 Å². The van der Waals surface area contributed by atoms with Crippen LogP contribution < -0.4 is 5.73 Å². The Hall–Kier alpha value is -2.24. The maximum atomic E-state index is 12.6. The molecule has 0 bridgehead atoms. The largest absolute Gasteiger partial charge is 0.416 e. The molecule has 2 rings (SSSR count). The highest BCUT2D eigenvalue weighted by molar-refractivity contribution is 5.99. The molecule has 0 radical (unpaired) electrons. The van der Waals surface area contributed by atoms with Crippen LogP contribution in [0.15, 0.2) is 36.7 Å². The molecule has 18 heavy (non-hydrogen) atoms. The molecular formula is C12H9F3N2O. The van der Waals surface area contributed by atoms with Gasteiger partial charge in [0.25, 0.3) is 0 Å². The molecule has 94 valence electrons. The van der Waals surface area contributed by atoms with Crippen LogP contribution in [-0.4, -0.2) is 10.9 Å². The molecule has 0 aliphatic rings. The Morgan fingerprint density at radius 2 is 1.94 bits per heavy atom. The number of rotatable bonds is 2. The summed E-state index contributed by atoms with van der Waals surface area (Å²) in [6.07, 6.45) is -1.40. The van der Waals surface area contributed by atoms with E-state index in [9.17, 15) is 18.0 Å². The number of carbonyl (C=O) groups excluding carboxylic acids is 1. The number of hydrogen-bond donors (Lipinski definition) is 2. The van der Waals surface area contributed by atoms with Crippen LogP contribution in [0.5, 0.6) is 0 Å². The van der Waals surface area contributed by atoms with Crippen LogP contribution in [-0.2, 0) is 6.18 Å². The Labute approximate surface area is 100 Å². The zero-order chi connectivity index (χ0) is 13.3. The van der Waals surface area contributed by atoms with Crippen LogP contribution in [0.4, 0.5) is 13.2 Å². The van der Waals surface area contributed by atoms with Gasteiger partial charge in [-0.2, -0.15) is 13.2 Å². The third kappa shape index (κ3) is 2.22. The summed E-state index contributed by atoms with van der Waals surface area (Å²) >= 11 is 0. The second kappa shape index (κ2) is 4.21. The molecule has 1 heterocycles. The second-order valence-corrected chi connectivity index (χ2v) is 3.72. The summed E-state index contributed by atoms with van der Waals surface area (Å²) in [7, 11) is 0. The number of H-pyrrole nitrogens is 1. The first-order chi connectivity index (χ1) is 8.39. The average Bonchev–Trinajstić information content (AvgIpc) is 2.80. The van der Waals surface area contributed by atoms with E-state index in [1.165, 1.54) is 6.20 Å². The molecule has 0 atom stereocenters. The number of primary amides is 1. The van der Waals surface area contributed by atoms with Crippen molar-refractivity contribution in [1.82, 2.24) is 4.98 Å². The minimum Gasteiger partial charge on any atom is -0.367 e. The number of benzene rings is 1. The minimum absolute atomic E-state index is 0.0580. The van der Waals surface area contributed by atoms with Gasteiger partial charge in [-0.15, -0.1) is 0 Å². The Bertz CT molecular complexity index is 574. The molecule has 3 N–H and O–H groups in total. The van der Waals surface area contributed by atoms with Crippen molar-refractivity contribution in [3.05, 3.63) is 47.8 Å². The maximum Gasteiger partial charge on any atom is 0.416 e. The molecular weight excluding hydrogens is 245 g/mol. The third-order valence-electron chi connectivity index (χ3n) is 2.52. The van der Waals surface area contributed by atoms with Crippen LogP contribution in [0.1, 0.15) is 15.9 Å². The van der Waals surface area contributed by atoms with Gasteiger partial charge in [0.15, 0.2) is 0 Å². The van der Waals surface area contributed by atoms with Crippen molar-refractivity contribution in [1.29, 1.82) is 0 Å². The monoisotopic (exact) mass is 254 g/mol. The van der Waals surface area contributed by atoms with Gasteiger partial charge >= 0.3 is 6.18 Å². The minimum atomic E-state index is -4.46. The summed E-state index contributed by atoms with van der Waals surface area (Å²) < 4.78 is 37.9. The third-order valence-corrected chi connectivity index (χ3v) is 2.52. The fraction of sp³-hybridized carbons (Fsp3) is 0.0833. The SMILES string of the molecule is NC(=O)c1ccc(C(F)(F)F)cc1-c1cc[nH]c1. The molecule has 0 unspecified atom stereocenters. The molecule has 0 saturated carbocycles. The van der Waals surface area contributed by atoms with Gasteiger partial charge in [-0.25, -0.2) is 0 Å². The normalized spacial score (nSPS) is 11.5. The molecule has 1 amide bonds. The van der Waals surface area contributed by atoms with Crippen molar-refractivity contribution >= 4 is 5.91 Å². The van der Waals surface area contributed by atoms with Gasteiger partial charge in [0.2, 0.25) is 5.91 Å². The van der Waals surface area contributed by atoms with Gasteiger partial charge < -0.3 is 10.7 Å². The van der Waals surface area contributed by atoms with E-state index < -0.39 is 17.6 Å². The Morgan fingerprint density at radius 3 is 2.44 bits per heavy atom. The molecule has 1 aromatic heterocycles. The first-order valence-electron chi connectivity index (χ1n) is 5.04. The molecule has 0 saturated heterocycles. The highest BCUT2D eigenvalue weighted by Gasteiger charge is 2.31. The lowest BCUT2D eigenvalue weighted by atomic mass is 9.98. The fourth-order valence-electron chi connectivity index (χ4n) is 1.67. The number of aromatic amines is 1. The predicted molar refractivity (Wildman–Crippen MR) is 59.7 cm³/mol. The van der Waals surface area contributed by atoms with E-state index in [2.05, 4.69) is 4.98 Å². The van der Waals surface area contributed by atoms with Crippen molar-refractivity contribution in [2.75, 3.05) is 0 Å². The summed E-state index contributed by atoms with van der Waals surface area (Å²) in [5.74, 6) is -0.764. The van der Waals surface area contributed by atoms with Crippen molar-refractivity contribution in [3.63, 3.8) is 0 Å². The molecule has 6 heteroatoms. The lowest BCUT2D eigenvalue weighted by Crippen LogP contribution is -2.14. The smallest absolute Gasteiger partial charge is 0.367 e. The Kier molecular flexibility index (Phi) is 2.86. The van der Waals surface area contributed by atoms with E-state index in [1.54, 1.807) is 12.3 Å². The van der Waals surface area contributed by atoms with Crippen molar-refractivity contribution in [2.45, 2.75) is 6.18 Å². The topological polar surface area (TPSA) is 58.9 Å². The molecule has 2 aromatic rings. The van der Waals surface area contributed by atoms with Crippen LogP contribution in [0, 0.1) is 0 Å². The Morgan fingerprint density at radius 1 is 1.22 bits per heavy atom. The summed E-state index contributed by atoms with van der Waals surface area (Å²) in [5.41, 5.74) is 5.04. The van der Waals surface area contributed by atoms with Gasteiger partial charge in [0.1, 0.15) is 0 Å². The van der Waals surface area contributed by atoms with Crippen molar-refractivity contribution in [2.24, 2.45) is 5.73 Å². The number of aromatic nitrogens is 1. The number of amides is 1. The van der Waals surface area contributed by atoms with E-state index in [0.717, 1.165) is 18.2 Å². The van der Waals surface area contributed by atoms with Gasteiger partial charge in [-0.3, -0.25) is 4.79 Å². The van der Waals surface area contributed by atoms with E-state index in [4.69, 9.17) is 5.73 Å². The number of nitrogens with one attached hydrogen (secondary N) is 1. The highest BCUT2D eigenvalue weighted by atomic mass is 19.4. The first kappa shape index (κ1) is 12.2. The number of nitrogens with two attached hydrogens (primary N) is 1. The summed E-state index contributed by atoms with van der Waals surface area (Å²) in [5, 5.41) is 0. The molecule has 0 aliphatic heterocycles. The molecule has 0 spiro atoms. The lowest BCUT2D eigenvalue weighted by molar-refractivity contribution is -0.137. The van der Waals surface area contributed by atoms with Crippen LogP contribution in [0.2, 0.25) is 0 Å². The van der Waals surface area contributed by atoms with Crippen LogP contribution >= 0.6 is 0 Å². The number of hydrogen-bond acceptors (Lipinski definition) is 1. The van der Waals surface area contributed by atoms with Crippen LogP contribution in [0.3, 0.4) is 0 Å². The van der Waals surface area contributed by atoms with E-state index in [0.29, 0.717) is 5.56 Å². The fourth-order valence-corrected chi connectivity index (χ4v) is 1.67. The van der Waals surface area contributed by atoms with Crippen LogP contribution in [0.25, 0.3) is 11.1 Å². The molecule has 0 aliphatic carbocycles. The zero-order valence-corrected chi connectivity index (χ0v) is 9.08. The van der Waals surface area contributed by atoms with E-state index in [-0.39, 0.29) is 11.1 Å². The number of carbonyl (C=O) groups is 1. The van der Waals surface area contributed by atoms with Gasteiger partial charge in [-0.1, -0.05) is 0 Å². The van der Waals surface area contributed by atoms with Gasteiger partial charge in [0, 0.05) is 18.0 Å². The maximum absolute atomic E-state index is 12.6. The average molecular weight is 254 g/mol. The molecule has 1 aromatic carbocycles. The second-order valence-electron chi connectivity index (χ2n) is 3.72. The van der Waals surface area contributed by atoms with Crippen molar-refractivity contribution < 1.29 is 18.0 Å². The standard InChI is InChI=1S/C12H9F3N2O/c13-12(14,15)8-1-2-9(11(16)18)10(5-8)7-3-4-17-6-7/h1-6,17H,(H2,16,18). The quantitative estimate of drug-likeness (QED) is 0.850. The predicted octanol–water partition coefficient (Wildman–Crippen LogP) is 2.80. The lowest BCUT2D eigenvalue weighted by Gasteiger charge is -2.11. The summed E-state index contributed by atoms with van der Waals surface area (Å²) in [6.45, 7) is 0. The van der Waals surface area contributed by atoms with E-state index >= 15 is 0 Å². The summed E-state index contributed by atoms with van der Waals surface area (Å²) in [6, 6.07) is 4.43. The Balaban J connectivity index is 2.63. The summed E-state index contributed by atoms with van der Waals surface area (Å²) in [4.78, 5) is 13.9.